The molecule has 1 heterocycles. The zero-order valence-electron chi connectivity index (χ0n) is 12.1. The van der Waals surface area contributed by atoms with E-state index in [2.05, 4.69) is 75.6 Å². The summed E-state index contributed by atoms with van der Waals surface area (Å²) in [5.74, 6) is 0. The molecule has 1 aromatic heterocycles. The molecule has 0 saturated carbocycles. The summed E-state index contributed by atoms with van der Waals surface area (Å²) in [7, 11) is 1.99. The van der Waals surface area contributed by atoms with E-state index in [1.807, 2.05) is 19.3 Å². The van der Waals surface area contributed by atoms with E-state index in [4.69, 9.17) is 0 Å². The van der Waals surface area contributed by atoms with Gasteiger partial charge in [0, 0.05) is 16.1 Å². The zero-order chi connectivity index (χ0) is 14.8. The lowest BCUT2D eigenvalue weighted by Crippen LogP contribution is -2.18. The van der Waals surface area contributed by atoms with Crippen LogP contribution >= 0.6 is 15.9 Å². The summed E-state index contributed by atoms with van der Waals surface area (Å²) >= 11 is 3.59. The van der Waals surface area contributed by atoms with Crippen molar-refractivity contribution in [3.63, 3.8) is 0 Å². The molecule has 0 spiro atoms. The highest BCUT2D eigenvalue weighted by atomic mass is 79.9. The Morgan fingerprint density at radius 3 is 2.67 bits per heavy atom. The van der Waals surface area contributed by atoms with Crippen molar-refractivity contribution in [2.24, 2.45) is 0 Å². The van der Waals surface area contributed by atoms with Gasteiger partial charge in [-0.25, -0.2) is 0 Å². The summed E-state index contributed by atoms with van der Waals surface area (Å²) in [6, 6.07) is 17.0. The Morgan fingerprint density at radius 1 is 1.10 bits per heavy atom. The van der Waals surface area contributed by atoms with Gasteiger partial charge in [-0.15, -0.1) is 0 Å². The maximum atomic E-state index is 4.57. The molecule has 0 amide bonds. The first-order chi connectivity index (χ1) is 10.2. The number of benzene rings is 2. The van der Waals surface area contributed by atoms with E-state index in [-0.39, 0.29) is 6.04 Å². The topological polar surface area (TPSA) is 24.9 Å². The third-order valence-electron chi connectivity index (χ3n) is 3.66. The SMILES string of the molecule is CNC(c1cc(C)cc(Br)c1)c1cccc2cccnc12. The van der Waals surface area contributed by atoms with Crippen LogP contribution in [0.5, 0.6) is 0 Å². The van der Waals surface area contributed by atoms with Crippen molar-refractivity contribution in [1.29, 1.82) is 0 Å². The molecule has 21 heavy (non-hydrogen) atoms. The predicted molar refractivity (Wildman–Crippen MR) is 91.5 cm³/mol. The Morgan fingerprint density at radius 2 is 1.90 bits per heavy atom. The Hall–Kier alpha value is -1.71. The van der Waals surface area contributed by atoms with E-state index in [1.54, 1.807) is 0 Å². The average Bonchev–Trinajstić information content (AvgIpc) is 2.47. The summed E-state index contributed by atoms with van der Waals surface area (Å²) in [5.41, 5.74) is 4.74. The lowest BCUT2D eigenvalue weighted by Gasteiger charge is -2.19. The number of halogens is 1. The maximum Gasteiger partial charge on any atom is 0.0753 e. The molecular formula is C18H17BrN2. The number of aryl methyl sites for hydroxylation is 1. The van der Waals surface area contributed by atoms with Crippen LogP contribution in [0.15, 0.2) is 59.2 Å². The molecule has 0 aliphatic heterocycles. The monoisotopic (exact) mass is 340 g/mol. The van der Waals surface area contributed by atoms with Gasteiger partial charge in [0.2, 0.25) is 0 Å². The molecule has 1 atom stereocenters. The molecule has 1 N–H and O–H groups in total. The summed E-state index contributed by atoms with van der Waals surface area (Å²) in [5, 5.41) is 4.59. The van der Waals surface area contributed by atoms with Crippen molar-refractivity contribution in [2.75, 3.05) is 7.05 Å². The third-order valence-corrected chi connectivity index (χ3v) is 4.12. The second-order valence-electron chi connectivity index (χ2n) is 5.21. The van der Waals surface area contributed by atoms with Crippen LogP contribution in [0.25, 0.3) is 10.9 Å². The fourth-order valence-corrected chi connectivity index (χ4v) is 3.42. The van der Waals surface area contributed by atoms with Crippen LogP contribution in [0.3, 0.4) is 0 Å². The fourth-order valence-electron chi connectivity index (χ4n) is 2.79. The molecule has 0 aliphatic rings. The molecule has 3 aromatic rings. The summed E-state index contributed by atoms with van der Waals surface area (Å²) < 4.78 is 1.10. The van der Waals surface area contributed by atoms with E-state index >= 15 is 0 Å². The van der Waals surface area contributed by atoms with Gasteiger partial charge in [0.05, 0.1) is 11.6 Å². The molecule has 0 fully saturated rings. The van der Waals surface area contributed by atoms with Gasteiger partial charge in [-0.3, -0.25) is 4.98 Å². The normalized spacial score (nSPS) is 12.5. The summed E-state index contributed by atoms with van der Waals surface area (Å²) in [4.78, 5) is 4.57. The smallest absolute Gasteiger partial charge is 0.0753 e. The highest BCUT2D eigenvalue weighted by molar-refractivity contribution is 9.10. The Bertz CT molecular complexity index is 758. The number of nitrogens with zero attached hydrogens (tertiary/aromatic N) is 1. The van der Waals surface area contributed by atoms with Gasteiger partial charge in [0.1, 0.15) is 0 Å². The quantitative estimate of drug-likeness (QED) is 0.752. The lowest BCUT2D eigenvalue weighted by atomic mass is 9.95. The van der Waals surface area contributed by atoms with Crippen LogP contribution < -0.4 is 5.32 Å². The molecular weight excluding hydrogens is 324 g/mol. The number of rotatable bonds is 3. The molecule has 0 aliphatic carbocycles. The van der Waals surface area contributed by atoms with Gasteiger partial charge in [-0.1, -0.05) is 46.3 Å². The first-order valence-electron chi connectivity index (χ1n) is 6.97. The molecule has 3 rings (SSSR count). The van der Waals surface area contributed by atoms with E-state index < -0.39 is 0 Å². The largest absolute Gasteiger partial charge is 0.309 e. The number of nitrogens with one attached hydrogen (secondary N) is 1. The van der Waals surface area contributed by atoms with Crippen LogP contribution in [0.1, 0.15) is 22.7 Å². The van der Waals surface area contributed by atoms with Crippen molar-refractivity contribution in [1.82, 2.24) is 10.3 Å². The van der Waals surface area contributed by atoms with E-state index in [9.17, 15) is 0 Å². The Labute approximate surface area is 133 Å². The molecule has 0 bridgehead atoms. The molecule has 0 radical (unpaired) electrons. The van der Waals surface area contributed by atoms with Crippen molar-refractivity contribution < 1.29 is 0 Å². The molecule has 3 heteroatoms. The Kier molecular flexibility index (Phi) is 4.04. The maximum absolute atomic E-state index is 4.57. The van der Waals surface area contributed by atoms with Gasteiger partial charge >= 0.3 is 0 Å². The summed E-state index contributed by atoms with van der Waals surface area (Å²) in [6.07, 6.45) is 1.85. The Balaban J connectivity index is 2.18. The van der Waals surface area contributed by atoms with Gasteiger partial charge < -0.3 is 5.32 Å². The van der Waals surface area contributed by atoms with Crippen LogP contribution in [0, 0.1) is 6.92 Å². The average molecular weight is 341 g/mol. The van der Waals surface area contributed by atoms with Crippen molar-refractivity contribution in [3.8, 4) is 0 Å². The standard InChI is InChI=1S/C18H17BrN2/c1-12-9-14(11-15(19)10-12)17(20-2)16-7-3-5-13-6-4-8-21-18(13)16/h3-11,17,20H,1-2H3. The number of hydrogen-bond acceptors (Lipinski definition) is 2. The zero-order valence-corrected chi connectivity index (χ0v) is 13.7. The first-order valence-corrected chi connectivity index (χ1v) is 7.76. The van der Waals surface area contributed by atoms with Gasteiger partial charge in [-0.05, 0) is 48.9 Å². The van der Waals surface area contributed by atoms with Gasteiger partial charge in [0.25, 0.3) is 0 Å². The second kappa shape index (κ2) is 5.96. The number of aromatic nitrogens is 1. The van der Waals surface area contributed by atoms with Crippen LogP contribution in [-0.4, -0.2) is 12.0 Å². The first kappa shape index (κ1) is 14.2. The van der Waals surface area contributed by atoms with Crippen LogP contribution in [0.2, 0.25) is 0 Å². The second-order valence-corrected chi connectivity index (χ2v) is 6.12. The van der Waals surface area contributed by atoms with Gasteiger partial charge in [0.15, 0.2) is 0 Å². The molecule has 106 valence electrons. The fraction of sp³-hybridized carbons (Fsp3) is 0.167. The highest BCUT2D eigenvalue weighted by Gasteiger charge is 2.16. The molecule has 1 unspecified atom stereocenters. The third kappa shape index (κ3) is 2.85. The number of hydrogen-bond donors (Lipinski definition) is 1. The predicted octanol–water partition coefficient (Wildman–Crippen LogP) is 4.61. The number of pyridine rings is 1. The van der Waals surface area contributed by atoms with E-state index in [0.717, 1.165) is 9.99 Å². The molecule has 2 aromatic carbocycles. The number of para-hydroxylation sites is 1. The van der Waals surface area contributed by atoms with Crippen molar-refractivity contribution in [2.45, 2.75) is 13.0 Å². The number of fused-ring (bicyclic) bond motifs is 1. The lowest BCUT2D eigenvalue weighted by molar-refractivity contribution is 0.694. The minimum absolute atomic E-state index is 0.125. The van der Waals surface area contributed by atoms with Crippen LogP contribution in [-0.2, 0) is 0 Å². The summed E-state index contributed by atoms with van der Waals surface area (Å²) in [6.45, 7) is 2.11. The van der Waals surface area contributed by atoms with Crippen LogP contribution in [0.4, 0.5) is 0 Å². The minimum Gasteiger partial charge on any atom is -0.309 e. The minimum atomic E-state index is 0.125. The van der Waals surface area contributed by atoms with Gasteiger partial charge in [-0.2, -0.15) is 0 Å². The van der Waals surface area contributed by atoms with E-state index in [1.165, 1.54) is 22.1 Å². The van der Waals surface area contributed by atoms with Crippen molar-refractivity contribution >= 4 is 26.8 Å². The molecule has 0 saturated heterocycles. The van der Waals surface area contributed by atoms with Crippen molar-refractivity contribution in [3.05, 3.63) is 75.9 Å². The van der Waals surface area contributed by atoms with E-state index in [0.29, 0.717) is 0 Å². The molecule has 2 nitrogen and oxygen atoms in total. The highest BCUT2D eigenvalue weighted by Crippen LogP contribution is 2.29.